The fourth-order valence-electron chi connectivity index (χ4n) is 1.66. The highest BCUT2D eigenvalue weighted by atomic mass is 16.5. The summed E-state index contributed by atoms with van der Waals surface area (Å²) in [5, 5.41) is 1.80. The molecule has 0 fully saturated rings. The number of ether oxygens (including phenoxy) is 2. The van der Waals surface area contributed by atoms with Crippen molar-refractivity contribution < 1.29 is 14.3 Å². The Labute approximate surface area is 105 Å². The molecule has 0 saturated carbocycles. The molecule has 94 valence electrons. The second-order valence-corrected chi connectivity index (χ2v) is 3.78. The van der Waals surface area contributed by atoms with Crippen molar-refractivity contribution in [3.05, 3.63) is 36.2 Å². The summed E-state index contributed by atoms with van der Waals surface area (Å²) in [7, 11) is 1.59. The maximum absolute atomic E-state index is 11.4. The number of rotatable bonds is 5. The van der Waals surface area contributed by atoms with Crippen LogP contribution in [-0.2, 0) is 4.74 Å². The Bertz CT molecular complexity index is 569. The van der Waals surface area contributed by atoms with Gasteiger partial charge in [-0.1, -0.05) is 0 Å². The Balaban J connectivity index is 2.41. The number of fused-ring (bicyclic) bond motifs is 1. The third-order valence-electron chi connectivity index (χ3n) is 2.55. The molecule has 0 spiro atoms. The highest BCUT2D eigenvalue weighted by Crippen LogP contribution is 2.25. The molecule has 1 aromatic heterocycles. The van der Waals surface area contributed by atoms with Gasteiger partial charge in [-0.15, -0.1) is 0 Å². The van der Waals surface area contributed by atoms with Crippen molar-refractivity contribution in [2.75, 3.05) is 20.3 Å². The summed E-state index contributed by atoms with van der Waals surface area (Å²) < 4.78 is 10.4. The number of nitrogens with two attached hydrogens (primary N) is 1. The molecule has 18 heavy (non-hydrogen) atoms. The largest absolute Gasteiger partial charge is 0.490 e. The normalized spacial score (nSPS) is 10.5. The van der Waals surface area contributed by atoms with Crippen molar-refractivity contribution in [1.82, 2.24) is 4.98 Å². The third-order valence-corrected chi connectivity index (χ3v) is 2.55. The molecule has 2 aromatic rings. The van der Waals surface area contributed by atoms with E-state index in [9.17, 15) is 4.79 Å². The molecule has 0 aliphatic heterocycles. The van der Waals surface area contributed by atoms with Crippen LogP contribution in [0.2, 0.25) is 0 Å². The van der Waals surface area contributed by atoms with E-state index in [1.807, 2.05) is 6.07 Å². The fourth-order valence-corrected chi connectivity index (χ4v) is 1.66. The van der Waals surface area contributed by atoms with Crippen LogP contribution < -0.4 is 10.5 Å². The molecule has 0 bridgehead atoms. The molecule has 0 radical (unpaired) electrons. The number of primary amides is 1. The van der Waals surface area contributed by atoms with Gasteiger partial charge in [0.1, 0.15) is 12.4 Å². The van der Waals surface area contributed by atoms with Gasteiger partial charge in [-0.2, -0.15) is 0 Å². The van der Waals surface area contributed by atoms with Crippen molar-refractivity contribution in [1.29, 1.82) is 0 Å². The molecule has 2 rings (SSSR count). The lowest BCUT2D eigenvalue weighted by Crippen LogP contribution is -2.14. The molecule has 1 heterocycles. The van der Waals surface area contributed by atoms with Gasteiger partial charge in [0.15, 0.2) is 0 Å². The minimum Gasteiger partial charge on any atom is -0.490 e. The zero-order valence-corrected chi connectivity index (χ0v) is 10.1. The molecule has 2 N–H and O–H groups in total. The zero-order chi connectivity index (χ0) is 13.0. The lowest BCUT2D eigenvalue weighted by Gasteiger charge is -2.10. The molecule has 1 amide bonds. The summed E-state index contributed by atoms with van der Waals surface area (Å²) in [4.78, 5) is 15.4. The van der Waals surface area contributed by atoms with Crippen LogP contribution in [0.5, 0.6) is 5.75 Å². The van der Waals surface area contributed by atoms with Gasteiger partial charge in [-0.25, -0.2) is 0 Å². The number of hydrogen-bond acceptors (Lipinski definition) is 4. The van der Waals surface area contributed by atoms with Crippen LogP contribution in [0.4, 0.5) is 0 Å². The molecule has 0 unspecified atom stereocenters. The molecule has 5 nitrogen and oxygen atoms in total. The van der Waals surface area contributed by atoms with Gasteiger partial charge in [0.05, 0.1) is 12.2 Å². The van der Waals surface area contributed by atoms with E-state index in [0.29, 0.717) is 24.5 Å². The summed E-state index contributed by atoms with van der Waals surface area (Å²) in [6.07, 6.45) is 3.38. The van der Waals surface area contributed by atoms with E-state index in [0.717, 1.165) is 10.8 Å². The second-order valence-electron chi connectivity index (χ2n) is 3.78. The van der Waals surface area contributed by atoms with E-state index in [1.54, 1.807) is 31.6 Å². The van der Waals surface area contributed by atoms with Crippen LogP contribution in [0.25, 0.3) is 10.8 Å². The molecule has 5 heteroatoms. The van der Waals surface area contributed by atoms with E-state index >= 15 is 0 Å². The first-order chi connectivity index (χ1) is 8.72. The van der Waals surface area contributed by atoms with Crippen molar-refractivity contribution >= 4 is 16.7 Å². The lowest BCUT2D eigenvalue weighted by molar-refractivity contribution is 0.0992. The predicted molar refractivity (Wildman–Crippen MR) is 67.6 cm³/mol. The maximum atomic E-state index is 11.4. The topological polar surface area (TPSA) is 74.4 Å². The summed E-state index contributed by atoms with van der Waals surface area (Å²) >= 11 is 0. The van der Waals surface area contributed by atoms with Crippen LogP contribution >= 0.6 is 0 Å². The van der Waals surface area contributed by atoms with Crippen LogP contribution in [0.1, 0.15) is 10.4 Å². The van der Waals surface area contributed by atoms with Crippen LogP contribution in [0.15, 0.2) is 30.6 Å². The monoisotopic (exact) mass is 246 g/mol. The van der Waals surface area contributed by atoms with Crippen LogP contribution in [0.3, 0.4) is 0 Å². The average molecular weight is 246 g/mol. The number of carbonyl (C=O) groups is 1. The number of hydrogen-bond donors (Lipinski definition) is 1. The summed E-state index contributed by atoms with van der Waals surface area (Å²) in [6.45, 7) is 0.811. The zero-order valence-electron chi connectivity index (χ0n) is 10.1. The van der Waals surface area contributed by atoms with Gasteiger partial charge < -0.3 is 15.2 Å². The van der Waals surface area contributed by atoms with Gasteiger partial charge in [0, 0.05) is 24.9 Å². The van der Waals surface area contributed by atoms with Crippen molar-refractivity contribution in [2.45, 2.75) is 0 Å². The highest BCUT2D eigenvalue weighted by molar-refractivity contribution is 6.00. The number of aromatic nitrogens is 1. The van der Waals surface area contributed by atoms with E-state index in [-0.39, 0.29) is 0 Å². The average Bonchev–Trinajstić information content (AvgIpc) is 2.38. The summed E-state index contributed by atoms with van der Waals surface area (Å²) in [5.41, 5.74) is 5.71. The molecule has 0 aliphatic carbocycles. The molecule has 1 aromatic carbocycles. The molecule has 0 atom stereocenters. The standard InChI is InChI=1S/C13H14N2O3/c1-17-4-5-18-12-7-10-8-15-3-2-9(10)6-11(12)13(14)16/h2-3,6-8H,4-5H2,1H3,(H2,14,16). The maximum Gasteiger partial charge on any atom is 0.252 e. The van der Waals surface area contributed by atoms with Gasteiger partial charge >= 0.3 is 0 Å². The van der Waals surface area contributed by atoms with Crippen molar-refractivity contribution in [2.24, 2.45) is 5.73 Å². The number of carbonyl (C=O) groups excluding carboxylic acids is 1. The Kier molecular flexibility index (Phi) is 3.74. The minimum atomic E-state index is -0.513. The smallest absolute Gasteiger partial charge is 0.252 e. The summed E-state index contributed by atoms with van der Waals surface area (Å²) in [5.74, 6) is -0.0545. The Morgan fingerprint density at radius 3 is 2.89 bits per heavy atom. The minimum absolute atomic E-state index is 0.364. The van der Waals surface area contributed by atoms with Crippen LogP contribution in [0, 0.1) is 0 Å². The van der Waals surface area contributed by atoms with E-state index in [4.69, 9.17) is 15.2 Å². The van der Waals surface area contributed by atoms with Crippen molar-refractivity contribution in [3.63, 3.8) is 0 Å². The van der Waals surface area contributed by atoms with E-state index in [1.165, 1.54) is 0 Å². The number of nitrogens with zero attached hydrogens (tertiary/aromatic N) is 1. The van der Waals surface area contributed by atoms with E-state index < -0.39 is 5.91 Å². The third kappa shape index (κ3) is 2.57. The van der Waals surface area contributed by atoms with Gasteiger partial charge in [0.2, 0.25) is 0 Å². The predicted octanol–water partition coefficient (Wildman–Crippen LogP) is 1.36. The van der Waals surface area contributed by atoms with Crippen molar-refractivity contribution in [3.8, 4) is 5.75 Å². The van der Waals surface area contributed by atoms with Crippen LogP contribution in [-0.4, -0.2) is 31.2 Å². The number of amides is 1. The SMILES string of the molecule is COCCOc1cc2cnccc2cc1C(N)=O. The summed E-state index contributed by atoms with van der Waals surface area (Å²) in [6, 6.07) is 5.29. The quantitative estimate of drug-likeness (QED) is 0.808. The Morgan fingerprint density at radius 1 is 1.33 bits per heavy atom. The Morgan fingerprint density at radius 2 is 2.17 bits per heavy atom. The first-order valence-corrected chi connectivity index (χ1v) is 5.51. The molecule has 0 saturated heterocycles. The fraction of sp³-hybridized carbons (Fsp3) is 0.231. The van der Waals surface area contributed by atoms with E-state index in [2.05, 4.69) is 4.98 Å². The van der Waals surface area contributed by atoms with Gasteiger partial charge in [-0.3, -0.25) is 9.78 Å². The Hall–Kier alpha value is -2.14. The number of benzene rings is 1. The van der Waals surface area contributed by atoms with Gasteiger partial charge in [0.25, 0.3) is 5.91 Å². The number of pyridine rings is 1. The number of methoxy groups -OCH3 is 1. The highest BCUT2D eigenvalue weighted by Gasteiger charge is 2.11. The first kappa shape index (κ1) is 12.3. The molecular formula is C13H14N2O3. The molecule has 0 aliphatic rings. The van der Waals surface area contributed by atoms with Gasteiger partial charge in [-0.05, 0) is 23.6 Å². The molecular weight excluding hydrogens is 232 g/mol. The second kappa shape index (κ2) is 5.46. The first-order valence-electron chi connectivity index (χ1n) is 5.51. The lowest BCUT2D eigenvalue weighted by atomic mass is 10.1.